The van der Waals surface area contributed by atoms with E-state index in [2.05, 4.69) is 30.4 Å². The molecule has 9 heteroatoms. The summed E-state index contributed by atoms with van der Waals surface area (Å²) in [6.07, 6.45) is 7.53. The number of fused-ring (bicyclic) bond motifs is 1. The lowest BCUT2D eigenvalue weighted by Crippen LogP contribution is -2.38. The van der Waals surface area contributed by atoms with Gasteiger partial charge in [-0.05, 0) is 30.9 Å². The minimum absolute atomic E-state index is 0.406. The predicted molar refractivity (Wildman–Crippen MR) is 109 cm³/mol. The molecule has 28 heavy (non-hydrogen) atoms. The maximum atomic E-state index is 6.07. The number of benzene rings is 1. The minimum atomic E-state index is 0.406. The third-order valence-corrected chi connectivity index (χ3v) is 4.88. The summed E-state index contributed by atoms with van der Waals surface area (Å²) in [6.45, 7) is 2.49. The van der Waals surface area contributed by atoms with Crippen LogP contribution in [-0.2, 0) is 0 Å². The number of nitrogens with two attached hydrogens (primary N) is 1. The smallest absolute Gasteiger partial charge is 0.203 e. The van der Waals surface area contributed by atoms with Crippen LogP contribution in [0, 0.1) is 5.92 Å². The maximum absolute atomic E-state index is 6.07. The zero-order valence-corrected chi connectivity index (χ0v) is 15.8. The van der Waals surface area contributed by atoms with Crippen LogP contribution in [0.1, 0.15) is 12.8 Å². The van der Waals surface area contributed by atoms with Gasteiger partial charge in [0.05, 0.1) is 7.11 Å². The fraction of sp³-hybridized carbons (Fsp3) is 0.368. The number of piperidine rings is 1. The van der Waals surface area contributed by atoms with Gasteiger partial charge in [0.1, 0.15) is 12.1 Å². The molecule has 1 aromatic carbocycles. The summed E-state index contributed by atoms with van der Waals surface area (Å²) in [5.74, 6) is 2.46. The lowest BCUT2D eigenvalue weighted by atomic mass is 9.98. The fourth-order valence-electron chi connectivity index (χ4n) is 3.49. The highest BCUT2D eigenvalue weighted by molar-refractivity contribution is 5.92. The van der Waals surface area contributed by atoms with Crippen LogP contribution in [-0.4, -0.2) is 52.3 Å². The molecule has 0 saturated carbocycles. The number of anilines is 2. The molecule has 1 saturated heterocycles. The van der Waals surface area contributed by atoms with Crippen molar-refractivity contribution in [2.24, 2.45) is 16.6 Å². The Morgan fingerprint density at radius 1 is 1.43 bits per heavy atom. The molecule has 0 spiro atoms. The summed E-state index contributed by atoms with van der Waals surface area (Å²) >= 11 is 0. The Hall–Kier alpha value is -3.36. The highest BCUT2D eigenvalue weighted by Crippen LogP contribution is 2.24. The summed E-state index contributed by atoms with van der Waals surface area (Å²) in [5, 5.41) is 11.3. The molecule has 0 radical (unpaired) electrons. The quantitative estimate of drug-likeness (QED) is 0.513. The Morgan fingerprint density at radius 2 is 2.36 bits per heavy atom. The van der Waals surface area contributed by atoms with Gasteiger partial charge >= 0.3 is 0 Å². The first-order valence-electron chi connectivity index (χ1n) is 9.33. The molecule has 1 aliphatic heterocycles. The van der Waals surface area contributed by atoms with Crippen LogP contribution >= 0.6 is 0 Å². The van der Waals surface area contributed by atoms with E-state index >= 15 is 0 Å². The van der Waals surface area contributed by atoms with E-state index in [0.717, 1.165) is 48.8 Å². The standard InChI is InChI=1S/C19H24N8O/c1-28-16-6-2-5-15(10-16)24-19(20)22-11-14-4-3-8-26(12-14)17-18-25-23-13-27(18)9-7-21-17/h2,5-7,9-10,13-14H,3-4,8,11-12H2,1H3,(H3,20,22,24). The second-order valence-electron chi connectivity index (χ2n) is 6.85. The Morgan fingerprint density at radius 3 is 3.25 bits per heavy atom. The highest BCUT2D eigenvalue weighted by Gasteiger charge is 2.23. The van der Waals surface area contributed by atoms with Crippen molar-refractivity contribution in [2.45, 2.75) is 12.8 Å². The molecule has 3 N–H and O–H groups in total. The molecule has 146 valence electrons. The van der Waals surface area contributed by atoms with Crippen molar-refractivity contribution < 1.29 is 4.74 Å². The Balaban J connectivity index is 1.39. The molecule has 4 rings (SSSR count). The number of aromatic nitrogens is 4. The monoisotopic (exact) mass is 380 g/mol. The van der Waals surface area contributed by atoms with E-state index in [1.807, 2.05) is 34.9 Å². The van der Waals surface area contributed by atoms with Crippen molar-refractivity contribution in [3.8, 4) is 5.75 Å². The third-order valence-electron chi connectivity index (χ3n) is 4.88. The van der Waals surface area contributed by atoms with Gasteiger partial charge in [-0.1, -0.05) is 6.07 Å². The van der Waals surface area contributed by atoms with Gasteiger partial charge < -0.3 is 20.7 Å². The number of methoxy groups -OCH3 is 1. The van der Waals surface area contributed by atoms with Crippen LogP contribution in [0.25, 0.3) is 5.65 Å². The van der Waals surface area contributed by atoms with Crippen LogP contribution in [0.15, 0.2) is 48.0 Å². The first-order valence-corrected chi connectivity index (χ1v) is 9.33. The van der Waals surface area contributed by atoms with Crippen LogP contribution < -0.4 is 20.7 Å². The van der Waals surface area contributed by atoms with E-state index in [1.165, 1.54) is 0 Å². The molecule has 0 amide bonds. The molecule has 1 fully saturated rings. The molecular formula is C19H24N8O. The molecule has 0 aliphatic carbocycles. The number of hydrogen-bond acceptors (Lipinski definition) is 6. The van der Waals surface area contributed by atoms with Crippen molar-refractivity contribution in [1.29, 1.82) is 0 Å². The number of nitrogens with zero attached hydrogens (tertiary/aromatic N) is 6. The van der Waals surface area contributed by atoms with Crippen molar-refractivity contribution in [2.75, 3.05) is 37.0 Å². The largest absolute Gasteiger partial charge is 0.497 e. The van der Waals surface area contributed by atoms with Gasteiger partial charge in [-0.3, -0.25) is 9.39 Å². The Bertz CT molecular complexity index is 969. The van der Waals surface area contributed by atoms with Gasteiger partial charge in [-0.25, -0.2) is 4.98 Å². The maximum Gasteiger partial charge on any atom is 0.203 e. The van der Waals surface area contributed by atoms with Gasteiger partial charge in [0.25, 0.3) is 0 Å². The Kier molecular flexibility index (Phi) is 5.22. The minimum Gasteiger partial charge on any atom is -0.497 e. The number of nitrogens with one attached hydrogen (secondary N) is 1. The van der Waals surface area contributed by atoms with Gasteiger partial charge in [0, 0.05) is 43.8 Å². The molecule has 3 aromatic rings. The summed E-state index contributed by atoms with van der Waals surface area (Å²) in [4.78, 5) is 11.3. The number of hydrogen-bond donors (Lipinski definition) is 2. The van der Waals surface area contributed by atoms with E-state index in [-0.39, 0.29) is 0 Å². The van der Waals surface area contributed by atoms with Gasteiger partial charge in [-0.2, -0.15) is 0 Å². The summed E-state index contributed by atoms with van der Waals surface area (Å²) in [5.41, 5.74) is 7.71. The number of ether oxygens (including phenoxy) is 1. The lowest BCUT2D eigenvalue weighted by Gasteiger charge is -2.32. The molecule has 0 bridgehead atoms. The molecular weight excluding hydrogens is 356 g/mol. The van der Waals surface area contributed by atoms with Crippen molar-refractivity contribution in [3.05, 3.63) is 43.0 Å². The predicted octanol–water partition coefficient (Wildman–Crippen LogP) is 1.78. The molecule has 1 unspecified atom stereocenters. The van der Waals surface area contributed by atoms with Gasteiger partial charge in [0.15, 0.2) is 11.8 Å². The normalized spacial score (nSPS) is 17.7. The molecule has 1 aliphatic rings. The van der Waals surface area contributed by atoms with E-state index in [1.54, 1.807) is 19.6 Å². The van der Waals surface area contributed by atoms with Crippen LogP contribution in [0.5, 0.6) is 5.75 Å². The lowest BCUT2D eigenvalue weighted by molar-refractivity contribution is 0.415. The van der Waals surface area contributed by atoms with Gasteiger partial charge in [0.2, 0.25) is 5.65 Å². The van der Waals surface area contributed by atoms with Crippen LogP contribution in [0.4, 0.5) is 11.5 Å². The van der Waals surface area contributed by atoms with Crippen LogP contribution in [0.3, 0.4) is 0 Å². The summed E-state index contributed by atoms with van der Waals surface area (Å²) in [6, 6.07) is 7.61. The number of guanidine groups is 1. The van der Waals surface area contributed by atoms with Gasteiger partial charge in [-0.15, -0.1) is 10.2 Å². The zero-order valence-electron chi connectivity index (χ0n) is 15.8. The first kappa shape index (κ1) is 18.0. The zero-order chi connectivity index (χ0) is 19.3. The second kappa shape index (κ2) is 8.12. The van der Waals surface area contributed by atoms with Crippen molar-refractivity contribution >= 4 is 23.1 Å². The summed E-state index contributed by atoms with van der Waals surface area (Å²) in [7, 11) is 1.64. The number of aliphatic imine (C=N–C) groups is 1. The number of rotatable bonds is 5. The van der Waals surface area contributed by atoms with E-state index in [9.17, 15) is 0 Å². The van der Waals surface area contributed by atoms with E-state index in [4.69, 9.17) is 10.5 Å². The third kappa shape index (κ3) is 3.98. The molecule has 3 heterocycles. The molecule has 2 aromatic heterocycles. The second-order valence-corrected chi connectivity index (χ2v) is 6.85. The Labute approximate surface area is 163 Å². The van der Waals surface area contributed by atoms with Crippen LogP contribution in [0.2, 0.25) is 0 Å². The van der Waals surface area contributed by atoms with E-state index in [0.29, 0.717) is 18.4 Å². The topological polar surface area (TPSA) is 106 Å². The van der Waals surface area contributed by atoms with E-state index < -0.39 is 0 Å². The first-order chi connectivity index (χ1) is 13.7. The molecule has 9 nitrogen and oxygen atoms in total. The fourth-order valence-corrected chi connectivity index (χ4v) is 3.49. The molecule has 1 atom stereocenters. The van der Waals surface area contributed by atoms with Crippen molar-refractivity contribution in [3.63, 3.8) is 0 Å². The van der Waals surface area contributed by atoms with Crippen molar-refractivity contribution in [1.82, 2.24) is 19.6 Å². The SMILES string of the molecule is COc1cccc(NC(N)=NCC2CCCN(c3nccn4cnnc34)C2)c1. The highest BCUT2D eigenvalue weighted by atomic mass is 16.5. The average molecular weight is 380 g/mol. The average Bonchev–Trinajstić information content (AvgIpc) is 3.21. The summed E-state index contributed by atoms with van der Waals surface area (Å²) < 4.78 is 7.12.